The number of epoxide rings is 1. The van der Waals surface area contributed by atoms with E-state index in [2.05, 4.69) is 13.0 Å². The van der Waals surface area contributed by atoms with Gasteiger partial charge in [0.15, 0.2) is 5.78 Å². The van der Waals surface area contributed by atoms with E-state index in [1.54, 1.807) is 13.0 Å². The van der Waals surface area contributed by atoms with Crippen LogP contribution in [0.25, 0.3) is 0 Å². The molecule has 11 heteroatoms. The second kappa shape index (κ2) is 14.9. The highest BCUT2D eigenvalue weighted by Crippen LogP contribution is 2.46. The van der Waals surface area contributed by atoms with Crippen LogP contribution >= 0.6 is 0 Å². The number of ketones is 1. The van der Waals surface area contributed by atoms with E-state index in [9.17, 15) is 24.6 Å². The van der Waals surface area contributed by atoms with Gasteiger partial charge in [0.2, 0.25) is 0 Å². The highest BCUT2D eigenvalue weighted by molar-refractivity contribution is 5.90. The number of nitrogens with zero attached hydrogens (tertiary/aromatic N) is 1. The van der Waals surface area contributed by atoms with E-state index in [1.807, 2.05) is 32.9 Å². The number of amides is 1. The Labute approximate surface area is 266 Å². The molecule has 0 aliphatic carbocycles. The third-order valence-corrected chi connectivity index (χ3v) is 9.66. The van der Waals surface area contributed by atoms with Gasteiger partial charge in [-0.2, -0.15) is 0 Å². The molecule has 45 heavy (non-hydrogen) atoms. The lowest BCUT2D eigenvalue weighted by atomic mass is 9.81. The van der Waals surface area contributed by atoms with Crippen molar-refractivity contribution in [1.82, 2.24) is 4.90 Å². The van der Waals surface area contributed by atoms with Gasteiger partial charge in [-0.15, -0.1) is 0 Å². The Hall–Kier alpha value is -2.57. The lowest BCUT2D eigenvalue weighted by molar-refractivity contribution is -0.192. The Balaban J connectivity index is 1.20. The van der Waals surface area contributed by atoms with E-state index in [1.165, 1.54) is 18.1 Å². The van der Waals surface area contributed by atoms with Crippen molar-refractivity contribution in [3.8, 4) is 0 Å². The average molecular weight is 634 g/mol. The Bertz CT molecular complexity index is 1160. The molecule has 4 aliphatic rings. The number of likely N-dealkylation sites (tertiary alicyclic amines) is 1. The van der Waals surface area contributed by atoms with Crippen LogP contribution in [0, 0.1) is 17.8 Å². The molecule has 0 aromatic heterocycles. The Morgan fingerprint density at radius 2 is 1.93 bits per heavy atom. The smallest absolute Gasteiger partial charge is 0.410 e. The monoisotopic (exact) mass is 633 g/mol. The summed E-state index contributed by atoms with van der Waals surface area (Å²) in [5.41, 5.74) is -0.371. The molecule has 4 rings (SSSR count). The average Bonchev–Trinajstić information content (AvgIpc) is 3.58. The summed E-state index contributed by atoms with van der Waals surface area (Å²) >= 11 is 0. The fourth-order valence-corrected chi connectivity index (χ4v) is 6.70. The summed E-state index contributed by atoms with van der Waals surface area (Å²) in [4.78, 5) is 38.4. The molecular weight excluding hydrogens is 582 g/mol. The first-order valence-electron chi connectivity index (χ1n) is 16.1. The first-order valence-corrected chi connectivity index (χ1v) is 16.1. The second-order valence-electron chi connectivity index (χ2n) is 13.6. The first kappa shape index (κ1) is 35.3. The van der Waals surface area contributed by atoms with E-state index in [4.69, 9.17) is 23.7 Å². The van der Waals surface area contributed by atoms with Gasteiger partial charge in [-0.1, -0.05) is 30.7 Å². The number of ether oxygens (including phenoxy) is 5. The molecule has 11 nitrogen and oxygen atoms in total. The molecule has 4 aliphatic heterocycles. The van der Waals surface area contributed by atoms with Gasteiger partial charge in [-0.05, 0) is 70.9 Å². The van der Waals surface area contributed by atoms with Crippen LogP contribution < -0.4 is 0 Å². The SMILES string of the molecule is COC(=O)C1CCN(C(=O)O[C@@H](C)/C=C\C(=O)C[C@@H]2C[C@H](C)[C@H](C/C=C(C)/C=C/C3O[C@](C)(CO)C[C@@]4(CO4)[C@@H]3O)O[C@@H]2C)C1. The summed E-state index contributed by atoms with van der Waals surface area (Å²) in [6.45, 7) is 10.7. The summed E-state index contributed by atoms with van der Waals surface area (Å²) in [5, 5.41) is 20.6. The molecule has 0 radical (unpaired) electrons. The quantitative estimate of drug-likeness (QED) is 0.150. The molecule has 10 atom stereocenters. The largest absolute Gasteiger partial charge is 0.469 e. The van der Waals surface area contributed by atoms with Crippen molar-refractivity contribution in [3.63, 3.8) is 0 Å². The number of hydrogen-bond acceptors (Lipinski definition) is 10. The van der Waals surface area contributed by atoms with Crippen LogP contribution in [0.15, 0.2) is 36.0 Å². The van der Waals surface area contributed by atoms with Crippen LogP contribution in [0.5, 0.6) is 0 Å². The molecule has 2 unspecified atom stereocenters. The lowest BCUT2D eigenvalue weighted by Crippen LogP contribution is -2.56. The maximum atomic E-state index is 12.8. The van der Waals surface area contributed by atoms with Crippen molar-refractivity contribution in [2.24, 2.45) is 17.8 Å². The fourth-order valence-electron chi connectivity index (χ4n) is 6.70. The zero-order valence-electron chi connectivity index (χ0n) is 27.5. The van der Waals surface area contributed by atoms with Crippen LogP contribution in [0.3, 0.4) is 0 Å². The molecule has 252 valence electrons. The number of carbonyl (C=O) groups is 3. The fraction of sp³-hybridized carbons (Fsp3) is 0.735. The summed E-state index contributed by atoms with van der Waals surface area (Å²) in [5.74, 6) is -0.365. The van der Waals surface area contributed by atoms with Crippen LogP contribution in [0.1, 0.15) is 66.7 Å². The topological polar surface area (TPSA) is 144 Å². The third-order valence-electron chi connectivity index (χ3n) is 9.66. The number of methoxy groups -OCH3 is 1. The van der Waals surface area contributed by atoms with Gasteiger partial charge in [0.05, 0.1) is 44.1 Å². The molecule has 0 aromatic carbocycles. The molecular formula is C34H51NO10. The Kier molecular flexibility index (Phi) is 11.7. The number of hydrogen-bond donors (Lipinski definition) is 2. The highest BCUT2D eigenvalue weighted by atomic mass is 16.6. The molecule has 2 N–H and O–H groups in total. The van der Waals surface area contributed by atoms with Crippen molar-refractivity contribution < 1.29 is 48.3 Å². The number of rotatable bonds is 11. The van der Waals surface area contributed by atoms with Crippen LogP contribution in [-0.2, 0) is 33.3 Å². The van der Waals surface area contributed by atoms with Gasteiger partial charge in [-0.3, -0.25) is 9.59 Å². The molecule has 0 aromatic rings. The second-order valence-corrected chi connectivity index (χ2v) is 13.6. The first-order chi connectivity index (χ1) is 21.3. The Morgan fingerprint density at radius 1 is 1.20 bits per heavy atom. The molecule has 4 heterocycles. The number of aliphatic hydroxyl groups excluding tert-OH is 2. The summed E-state index contributed by atoms with van der Waals surface area (Å²) < 4.78 is 28.2. The van der Waals surface area contributed by atoms with E-state index in [0.29, 0.717) is 32.4 Å². The predicted octanol–water partition coefficient (Wildman–Crippen LogP) is 3.51. The molecule has 0 saturated carbocycles. The number of allylic oxidation sites excluding steroid dienone is 3. The lowest BCUT2D eigenvalue weighted by Gasteiger charge is -2.42. The van der Waals surface area contributed by atoms with Gasteiger partial charge >= 0.3 is 12.1 Å². The molecule has 4 saturated heterocycles. The van der Waals surface area contributed by atoms with Gasteiger partial charge < -0.3 is 38.8 Å². The van der Waals surface area contributed by atoms with E-state index < -0.39 is 35.6 Å². The van der Waals surface area contributed by atoms with Crippen molar-refractivity contribution in [2.45, 2.75) is 108 Å². The summed E-state index contributed by atoms with van der Waals surface area (Å²) in [6.07, 6.45) is 9.38. The number of aliphatic hydroxyl groups is 2. The van der Waals surface area contributed by atoms with E-state index in [-0.39, 0.29) is 54.9 Å². The zero-order valence-corrected chi connectivity index (χ0v) is 27.5. The van der Waals surface area contributed by atoms with Crippen LogP contribution in [-0.4, -0.2) is 108 Å². The molecule has 1 amide bonds. The molecule has 1 spiro atoms. The number of esters is 1. The summed E-state index contributed by atoms with van der Waals surface area (Å²) in [7, 11) is 1.33. The minimum atomic E-state index is -0.784. The number of carbonyl (C=O) groups excluding carboxylic acids is 3. The molecule has 4 fully saturated rings. The van der Waals surface area contributed by atoms with Crippen molar-refractivity contribution in [1.29, 1.82) is 0 Å². The highest BCUT2D eigenvalue weighted by Gasteiger charge is 2.61. The maximum absolute atomic E-state index is 12.8. The van der Waals surface area contributed by atoms with Crippen LogP contribution in [0.2, 0.25) is 0 Å². The van der Waals surface area contributed by atoms with Crippen molar-refractivity contribution in [2.75, 3.05) is 33.4 Å². The van der Waals surface area contributed by atoms with Gasteiger partial charge in [0, 0.05) is 25.9 Å². The third kappa shape index (κ3) is 9.04. The van der Waals surface area contributed by atoms with Crippen LogP contribution in [0.4, 0.5) is 4.79 Å². The minimum Gasteiger partial charge on any atom is -0.469 e. The predicted molar refractivity (Wildman–Crippen MR) is 165 cm³/mol. The maximum Gasteiger partial charge on any atom is 0.410 e. The molecule has 0 bridgehead atoms. The van der Waals surface area contributed by atoms with Gasteiger partial charge in [0.1, 0.15) is 23.9 Å². The zero-order chi connectivity index (χ0) is 32.9. The van der Waals surface area contributed by atoms with Gasteiger partial charge in [-0.25, -0.2) is 4.79 Å². The minimum absolute atomic E-state index is 0.0198. The normalized spacial score (nSPS) is 37.7. The standard InChI is InChI=1S/C34H51NO10/c1-21(8-12-29-30(38)34(20-42-34)18-33(5,19-36)45-29)7-11-28-22(2)15-26(24(4)44-28)16-27(37)10-9-23(3)43-32(40)35-14-13-25(17-35)31(39)41-6/h7-10,12,22-26,28-30,36,38H,11,13-20H2,1-6H3/b10-9-,12-8+,21-7+/t22-,23-,24+,25?,26-,28-,29?,30+,33-,34+/m0/s1. The van der Waals surface area contributed by atoms with Crippen molar-refractivity contribution in [3.05, 3.63) is 36.0 Å². The van der Waals surface area contributed by atoms with E-state index in [0.717, 1.165) is 18.4 Å². The van der Waals surface area contributed by atoms with E-state index >= 15 is 0 Å². The van der Waals surface area contributed by atoms with Gasteiger partial charge in [0.25, 0.3) is 0 Å². The van der Waals surface area contributed by atoms with Crippen molar-refractivity contribution >= 4 is 17.8 Å². The summed E-state index contributed by atoms with van der Waals surface area (Å²) in [6, 6.07) is 0. The Morgan fingerprint density at radius 3 is 2.60 bits per heavy atom.